The van der Waals surface area contributed by atoms with Crippen LogP contribution in [-0.4, -0.2) is 42.5 Å². The van der Waals surface area contributed by atoms with E-state index in [1.54, 1.807) is 42.6 Å². The number of cyclic esters (lactones) is 1. The molecule has 8 nitrogen and oxygen atoms in total. The van der Waals surface area contributed by atoms with E-state index in [2.05, 4.69) is 28.1 Å². The maximum absolute atomic E-state index is 14.8. The van der Waals surface area contributed by atoms with Crippen molar-refractivity contribution < 1.29 is 18.7 Å². The van der Waals surface area contributed by atoms with Crippen LogP contribution in [0.25, 0.3) is 11.1 Å². The minimum Gasteiger partial charge on any atom is -0.442 e. The van der Waals surface area contributed by atoms with Crippen molar-refractivity contribution in [3.8, 4) is 11.1 Å². The fraction of sp³-hybridized carbons (Fsp3) is 0.200. The number of benzene rings is 2. The molecule has 2 amide bonds. The predicted molar refractivity (Wildman–Crippen MR) is 116 cm³/mol. The summed E-state index contributed by atoms with van der Waals surface area (Å²) in [6.07, 6.45) is 0.479. The Bertz CT molecular complexity index is 996. The van der Waals surface area contributed by atoms with E-state index in [9.17, 15) is 14.0 Å². The number of nitrogens with two attached hydrogens (primary N) is 1. The van der Waals surface area contributed by atoms with Crippen LogP contribution in [0.15, 0.2) is 47.6 Å². The number of amides is 2. The Balaban J connectivity index is 1.71. The van der Waals surface area contributed by atoms with E-state index in [1.807, 2.05) is 0 Å². The molecule has 1 aliphatic heterocycles. The third-order valence-electron chi connectivity index (χ3n) is 4.33. The molecular formula is C20H20FN5O3S. The zero-order valence-electron chi connectivity index (χ0n) is 16.1. The van der Waals surface area contributed by atoms with Gasteiger partial charge in [0.05, 0.1) is 25.0 Å². The second-order valence-corrected chi connectivity index (χ2v) is 7.01. The highest BCUT2D eigenvalue weighted by Crippen LogP contribution is 2.29. The van der Waals surface area contributed by atoms with Crippen molar-refractivity contribution in [1.82, 2.24) is 10.7 Å². The number of hydrogen-bond acceptors (Lipinski definition) is 5. The molecule has 0 bridgehead atoms. The van der Waals surface area contributed by atoms with E-state index in [-0.39, 0.29) is 24.1 Å². The Hall–Kier alpha value is -3.53. The number of halogens is 1. The highest BCUT2D eigenvalue weighted by Gasteiger charge is 2.32. The van der Waals surface area contributed by atoms with Gasteiger partial charge in [-0.3, -0.25) is 15.1 Å². The lowest BCUT2D eigenvalue weighted by molar-refractivity contribution is -0.119. The Morgan fingerprint density at radius 2 is 2.10 bits per heavy atom. The average Bonchev–Trinajstić information content (AvgIpc) is 3.07. The van der Waals surface area contributed by atoms with Crippen molar-refractivity contribution in [2.24, 2.45) is 10.8 Å². The second-order valence-electron chi connectivity index (χ2n) is 6.57. The van der Waals surface area contributed by atoms with Crippen molar-refractivity contribution in [3.63, 3.8) is 0 Å². The van der Waals surface area contributed by atoms with Gasteiger partial charge in [0.15, 0.2) is 5.11 Å². The molecule has 3 rings (SSSR count). The Labute approximate surface area is 177 Å². The molecular weight excluding hydrogens is 409 g/mol. The number of rotatable bonds is 6. The van der Waals surface area contributed by atoms with Crippen molar-refractivity contribution >= 4 is 41.2 Å². The number of hydrazone groups is 1. The summed E-state index contributed by atoms with van der Waals surface area (Å²) in [6.45, 7) is 1.82. The van der Waals surface area contributed by atoms with E-state index < -0.39 is 18.0 Å². The van der Waals surface area contributed by atoms with Crippen molar-refractivity contribution in [1.29, 1.82) is 0 Å². The first-order chi connectivity index (χ1) is 14.3. The summed E-state index contributed by atoms with van der Waals surface area (Å²) < 4.78 is 20.0. The summed E-state index contributed by atoms with van der Waals surface area (Å²) in [7, 11) is 0. The number of hydrogen-bond donors (Lipinski definition) is 3. The topological polar surface area (TPSA) is 109 Å². The summed E-state index contributed by atoms with van der Waals surface area (Å²) in [5.74, 6) is -0.682. The minimum atomic E-state index is -0.577. The summed E-state index contributed by atoms with van der Waals surface area (Å²) in [5.41, 5.74) is 9.98. The van der Waals surface area contributed by atoms with E-state index in [0.717, 1.165) is 5.56 Å². The molecule has 1 aliphatic rings. The number of anilines is 1. The minimum absolute atomic E-state index is 0.0633. The largest absolute Gasteiger partial charge is 0.442 e. The van der Waals surface area contributed by atoms with Gasteiger partial charge in [-0.05, 0) is 41.5 Å². The van der Waals surface area contributed by atoms with E-state index >= 15 is 0 Å². The van der Waals surface area contributed by atoms with Gasteiger partial charge in [0.2, 0.25) is 5.91 Å². The molecule has 2 aromatic rings. The van der Waals surface area contributed by atoms with Crippen molar-refractivity contribution in [2.45, 2.75) is 13.0 Å². The molecule has 1 saturated heterocycles. The molecule has 1 fully saturated rings. The van der Waals surface area contributed by atoms with Crippen LogP contribution in [0, 0.1) is 5.82 Å². The van der Waals surface area contributed by atoms with Gasteiger partial charge in [-0.2, -0.15) is 5.10 Å². The van der Waals surface area contributed by atoms with Crippen LogP contribution in [0.2, 0.25) is 0 Å². The lowest BCUT2D eigenvalue weighted by atomic mass is 10.0. The van der Waals surface area contributed by atoms with Gasteiger partial charge in [0, 0.05) is 12.5 Å². The van der Waals surface area contributed by atoms with Crippen molar-refractivity contribution in [3.05, 3.63) is 53.8 Å². The molecule has 1 unspecified atom stereocenters. The van der Waals surface area contributed by atoms with Gasteiger partial charge in [-0.25, -0.2) is 9.18 Å². The molecule has 0 radical (unpaired) electrons. The molecule has 1 atom stereocenters. The molecule has 0 aromatic heterocycles. The monoisotopic (exact) mass is 429 g/mol. The molecule has 0 saturated carbocycles. The molecule has 0 spiro atoms. The summed E-state index contributed by atoms with van der Waals surface area (Å²) in [5, 5.41) is 6.53. The normalized spacial score (nSPS) is 15.9. The van der Waals surface area contributed by atoms with Crippen LogP contribution in [0.4, 0.5) is 14.9 Å². The van der Waals surface area contributed by atoms with Gasteiger partial charge in [-0.15, -0.1) is 0 Å². The first kappa shape index (κ1) is 21.2. The zero-order chi connectivity index (χ0) is 21.7. The van der Waals surface area contributed by atoms with Crippen LogP contribution >= 0.6 is 12.2 Å². The summed E-state index contributed by atoms with van der Waals surface area (Å²) in [6, 6.07) is 11.6. The van der Waals surface area contributed by atoms with E-state index in [0.29, 0.717) is 16.8 Å². The number of nitrogens with zero attached hydrogens (tertiary/aromatic N) is 2. The molecule has 156 valence electrons. The molecule has 4 N–H and O–H groups in total. The van der Waals surface area contributed by atoms with Gasteiger partial charge in [0.25, 0.3) is 0 Å². The van der Waals surface area contributed by atoms with Gasteiger partial charge >= 0.3 is 6.09 Å². The zero-order valence-corrected chi connectivity index (χ0v) is 16.9. The fourth-order valence-electron chi connectivity index (χ4n) is 2.92. The predicted octanol–water partition coefficient (Wildman–Crippen LogP) is 2.12. The van der Waals surface area contributed by atoms with Crippen LogP contribution in [0.1, 0.15) is 12.5 Å². The molecule has 0 aliphatic carbocycles. The SMILES string of the molecule is CC(=O)NCC1CN(c2ccc(-c3ccc(C=NNC(N)=S)cc3)c(F)c2)C(=O)O1. The van der Waals surface area contributed by atoms with Crippen LogP contribution in [0.3, 0.4) is 0 Å². The maximum atomic E-state index is 14.8. The average molecular weight is 429 g/mol. The first-order valence-corrected chi connectivity index (χ1v) is 9.45. The second kappa shape index (κ2) is 9.31. The number of thiocarbonyl (C=S) groups is 1. The number of carbonyl (C=O) groups is 2. The first-order valence-electron chi connectivity index (χ1n) is 9.04. The number of ether oxygens (including phenoxy) is 1. The Kier molecular flexibility index (Phi) is 6.58. The van der Waals surface area contributed by atoms with Crippen LogP contribution in [0.5, 0.6) is 0 Å². The quantitative estimate of drug-likeness (QED) is 0.369. The van der Waals surface area contributed by atoms with Gasteiger partial charge in [0.1, 0.15) is 11.9 Å². The van der Waals surface area contributed by atoms with Crippen LogP contribution in [-0.2, 0) is 9.53 Å². The number of carbonyl (C=O) groups excluding carboxylic acids is 2. The standard InChI is InChI=1S/C20H20FN5O3S/c1-12(27)23-10-16-11-26(20(28)29-16)15-6-7-17(18(21)8-15)14-4-2-13(3-5-14)9-24-25-19(22)30/h2-9,16H,10-11H2,1H3,(H,23,27)(H3,22,25,30). The van der Waals surface area contributed by atoms with E-state index in [4.69, 9.17) is 10.5 Å². The summed E-state index contributed by atoms with van der Waals surface area (Å²) >= 11 is 4.66. The smallest absolute Gasteiger partial charge is 0.414 e. The maximum Gasteiger partial charge on any atom is 0.414 e. The third kappa shape index (κ3) is 5.29. The Morgan fingerprint density at radius 1 is 1.37 bits per heavy atom. The molecule has 10 heteroatoms. The van der Waals surface area contributed by atoms with E-state index in [1.165, 1.54) is 17.9 Å². The number of nitrogens with one attached hydrogen (secondary N) is 2. The summed E-state index contributed by atoms with van der Waals surface area (Å²) in [4.78, 5) is 24.5. The van der Waals surface area contributed by atoms with Gasteiger partial charge < -0.3 is 15.8 Å². The lowest BCUT2D eigenvalue weighted by Gasteiger charge is -2.14. The van der Waals surface area contributed by atoms with Crippen molar-refractivity contribution in [2.75, 3.05) is 18.0 Å². The third-order valence-corrected chi connectivity index (χ3v) is 4.42. The van der Waals surface area contributed by atoms with Crippen LogP contribution < -0.4 is 21.4 Å². The molecule has 1 heterocycles. The highest BCUT2D eigenvalue weighted by molar-refractivity contribution is 7.80. The Morgan fingerprint density at radius 3 is 2.73 bits per heavy atom. The lowest BCUT2D eigenvalue weighted by Crippen LogP contribution is -2.33. The van der Waals surface area contributed by atoms with Gasteiger partial charge in [-0.1, -0.05) is 24.3 Å². The highest BCUT2D eigenvalue weighted by atomic mass is 32.1. The molecule has 2 aromatic carbocycles. The fourth-order valence-corrected chi connectivity index (χ4v) is 2.97. The molecule has 30 heavy (non-hydrogen) atoms.